The summed E-state index contributed by atoms with van der Waals surface area (Å²) >= 11 is 2.72. The standard InChI is InChI=1S/C20H26N4O2S2/c1-5-11(2)8-14-12(3)28-18-16(14)17(26)22-19(23-18)27-9-15(25)24-20(4,10-21)13-6-7-13/h11,13H,5-9H2,1-4H3,(H,24,25)(H,22,23,26). The Balaban J connectivity index is 1.73. The van der Waals surface area contributed by atoms with Gasteiger partial charge in [-0.05, 0) is 50.5 Å². The van der Waals surface area contributed by atoms with Crippen LogP contribution in [0, 0.1) is 30.1 Å². The van der Waals surface area contributed by atoms with Crippen LogP contribution in [0.25, 0.3) is 10.2 Å². The van der Waals surface area contributed by atoms with Crippen molar-refractivity contribution in [2.24, 2.45) is 11.8 Å². The average molecular weight is 419 g/mol. The first-order valence-electron chi connectivity index (χ1n) is 9.64. The van der Waals surface area contributed by atoms with Crippen molar-refractivity contribution >= 4 is 39.2 Å². The largest absolute Gasteiger partial charge is 0.337 e. The van der Waals surface area contributed by atoms with Crippen LogP contribution in [0.4, 0.5) is 0 Å². The Kier molecular flexibility index (Phi) is 6.15. The van der Waals surface area contributed by atoms with Gasteiger partial charge in [0.15, 0.2) is 5.16 Å². The fourth-order valence-corrected chi connectivity index (χ4v) is 5.08. The number of nitriles is 1. The molecule has 2 unspecified atom stereocenters. The number of thiophene rings is 1. The van der Waals surface area contributed by atoms with E-state index in [1.807, 2.05) is 6.92 Å². The van der Waals surface area contributed by atoms with Gasteiger partial charge in [-0.15, -0.1) is 11.3 Å². The number of nitrogens with zero attached hydrogens (tertiary/aromatic N) is 2. The fraction of sp³-hybridized carbons (Fsp3) is 0.600. The maximum Gasteiger partial charge on any atom is 0.260 e. The number of aromatic amines is 1. The summed E-state index contributed by atoms with van der Waals surface area (Å²) in [5, 5.41) is 13.3. The van der Waals surface area contributed by atoms with Crippen molar-refractivity contribution in [1.29, 1.82) is 5.26 Å². The van der Waals surface area contributed by atoms with Gasteiger partial charge < -0.3 is 10.3 Å². The summed E-state index contributed by atoms with van der Waals surface area (Å²) in [5.74, 6) is 0.638. The topological polar surface area (TPSA) is 98.6 Å². The van der Waals surface area contributed by atoms with Gasteiger partial charge in [0.25, 0.3) is 5.56 Å². The molecule has 0 aromatic carbocycles. The summed E-state index contributed by atoms with van der Waals surface area (Å²) < 4.78 is 0. The van der Waals surface area contributed by atoms with Crippen LogP contribution in [-0.2, 0) is 11.2 Å². The van der Waals surface area contributed by atoms with Gasteiger partial charge in [0.1, 0.15) is 10.4 Å². The maximum atomic E-state index is 12.7. The molecule has 6 nitrogen and oxygen atoms in total. The van der Waals surface area contributed by atoms with Gasteiger partial charge in [0.05, 0.1) is 17.2 Å². The summed E-state index contributed by atoms with van der Waals surface area (Å²) in [6.07, 6.45) is 3.88. The van der Waals surface area contributed by atoms with Crippen molar-refractivity contribution in [2.75, 3.05) is 5.75 Å². The van der Waals surface area contributed by atoms with Crippen LogP contribution in [0.2, 0.25) is 0 Å². The highest BCUT2D eigenvalue weighted by atomic mass is 32.2. The number of carbonyl (C=O) groups is 1. The molecule has 28 heavy (non-hydrogen) atoms. The SMILES string of the molecule is CCC(C)Cc1c(C)sc2nc(SCC(=O)NC(C)(C#N)C3CC3)[nH]c(=O)c12. The van der Waals surface area contributed by atoms with E-state index in [1.54, 1.807) is 6.92 Å². The number of thioether (sulfide) groups is 1. The molecule has 2 aromatic rings. The number of nitrogens with one attached hydrogen (secondary N) is 2. The molecule has 0 saturated heterocycles. The second-order valence-electron chi connectivity index (χ2n) is 7.83. The van der Waals surface area contributed by atoms with Gasteiger partial charge in [-0.1, -0.05) is 32.0 Å². The zero-order valence-electron chi connectivity index (χ0n) is 16.7. The third-order valence-corrected chi connectivity index (χ3v) is 7.37. The van der Waals surface area contributed by atoms with E-state index in [1.165, 1.54) is 23.1 Å². The highest BCUT2D eigenvalue weighted by molar-refractivity contribution is 7.99. The molecule has 0 bridgehead atoms. The number of H-pyrrole nitrogens is 1. The number of hydrogen-bond acceptors (Lipinski definition) is 6. The number of amides is 1. The summed E-state index contributed by atoms with van der Waals surface area (Å²) in [4.78, 5) is 34.2. The van der Waals surface area contributed by atoms with Crippen molar-refractivity contribution in [3.63, 3.8) is 0 Å². The fourth-order valence-electron chi connectivity index (χ4n) is 3.30. The first-order valence-corrected chi connectivity index (χ1v) is 11.4. The van der Waals surface area contributed by atoms with Crippen molar-refractivity contribution < 1.29 is 4.79 Å². The van der Waals surface area contributed by atoms with Crippen molar-refractivity contribution in [3.8, 4) is 6.07 Å². The van der Waals surface area contributed by atoms with Crippen LogP contribution in [0.3, 0.4) is 0 Å². The van der Waals surface area contributed by atoms with Gasteiger partial charge in [0, 0.05) is 4.88 Å². The Hall–Kier alpha value is -1.85. The van der Waals surface area contributed by atoms with E-state index in [9.17, 15) is 14.9 Å². The highest BCUT2D eigenvalue weighted by Crippen LogP contribution is 2.39. The second-order valence-corrected chi connectivity index (χ2v) is 10.00. The Labute approximate surface area is 173 Å². The average Bonchev–Trinajstić information content (AvgIpc) is 3.46. The van der Waals surface area contributed by atoms with Crippen LogP contribution in [-0.4, -0.2) is 27.2 Å². The molecule has 2 N–H and O–H groups in total. The molecule has 8 heteroatoms. The van der Waals surface area contributed by atoms with Crippen LogP contribution < -0.4 is 10.9 Å². The van der Waals surface area contributed by atoms with Crippen LogP contribution in [0.15, 0.2) is 9.95 Å². The number of aryl methyl sites for hydroxylation is 1. The number of hydrogen-bond donors (Lipinski definition) is 2. The molecular weight excluding hydrogens is 392 g/mol. The van der Waals surface area contributed by atoms with E-state index in [2.05, 4.69) is 35.2 Å². The van der Waals surface area contributed by atoms with Crippen molar-refractivity contribution in [1.82, 2.24) is 15.3 Å². The number of aromatic nitrogens is 2. The van der Waals surface area contributed by atoms with Crippen molar-refractivity contribution in [3.05, 3.63) is 20.8 Å². The predicted molar refractivity (Wildman–Crippen MR) is 114 cm³/mol. The van der Waals surface area contributed by atoms with E-state index in [-0.39, 0.29) is 23.1 Å². The molecule has 1 saturated carbocycles. The maximum absolute atomic E-state index is 12.7. The minimum atomic E-state index is -0.807. The van der Waals surface area contributed by atoms with E-state index in [0.717, 1.165) is 41.0 Å². The van der Waals surface area contributed by atoms with E-state index >= 15 is 0 Å². The van der Waals surface area contributed by atoms with E-state index < -0.39 is 5.54 Å². The highest BCUT2D eigenvalue weighted by Gasteiger charge is 2.42. The third-order valence-electron chi connectivity index (χ3n) is 5.46. The summed E-state index contributed by atoms with van der Waals surface area (Å²) in [7, 11) is 0. The normalized spacial score (nSPS) is 17.1. The molecule has 1 fully saturated rings. The Morgan fingerprint density at radius 1 is 1.54 bits per heavy atom. The second kappa shape index (κ2) is 8.26. The number of carbonyl (C=O) groups excluding carboxylic acids is 1. The Morgan fingerprint density at radius 3 is 2.86 bits per heavy atom. The van der Waals surface area contributed by atoms with Crippen LogP contribution in [0.5, 0.6) is 0 Å². The van der Waals surface area contributed by atoms with E-state index in [0.29, 0.717) is 16.5 Å². The summed E-state index contributed by atoms with van der Waals surface area (Å²) in [6, 6.07) is 2.22. The molecule has 2 aromatic heterocycles. The first kappa shape index (κ1) is 20.9. The molecule has 1 aliphatic rings. The van der Waals surface area contributed by atoms with Gasteiger partial charge >= 0.3 is 0 Å². The third kappa shape index (κ3) is 4.41. The molecule has 0 radical (unpaired) electrons. The van der Waals surface area contributed by atoms with Crippen molar-refractivity contribution in [2.45, 2.75) is 64.1 Å². The summed E-state index contributed by atoms with van der Waals surface area (Å²) in [6.45, 7) is 8.14. The smallest absolute Gasteiger partial charge is 0.260 e. The Morgan fingerprint density at radius 2 is 2.25 bits per heavy atom. The molecule has 2 atom stereocenters. The first-order chi connectivity index (χ1) is 13.3. The van der Waals surface area contributed by atoms with Gasteiger partial charge in [-0.2, -0.15) is 5.26 Å². The predicted octanol–water partition coefficient (Wildman–Crippen LogP) is 3.78. The quantitative estimate of drug-likeness (QED) is 0.502. The molecule has 1 aliphatic carbocycles. The zero-order valence-corrected chi connectivity index (χ0v) is 18.4. The molecular formula is C20H26N4O2S2. The molecule has 2 heterocycles. The lowest BCUT2D eigenvalue weighted by Gasteiger charge is -2.22. The van der Waals surface area contributed by atoms with Gasteiger partial charge in [-0.3, -0.25) is 9.59 Å². The number of fused-ring (bicyclic) bond motifs is 1. The molecule has 0 aliphatic heterocycles. The van der Waals surface area contributed by atoms with Gasteiger partial charge in [-0.25, -0.2) is 4.98 Å². The molecule has 150 valence electrons. The lowest BCUT2D eigenvalue weighted by atomic mass is 9.98. The number of rotatable bonds is 8. The molecule has 3 rings (SSSR count). The monoisotopic (exact) mass is 418 g/mol. The summed E-state index contributed by atoms with van der Waals surface area (Å²) in [5.41, 5.74) is 0.139. The van der Waals surface area contributed by atoms with E-state index in [4.69, 9.17) is 0 Å². The molecule has 0 spiro atoms. The lowest BCUT2D eigenvalue weighted by Crippen LogP contribution is -2.47. The minimum Gasteiger partial charge on any atom is -0.337 e. The van der Waals surface area contributed by atoms with Crippen LogP contribution in [0.1, 0.15) is 50.5 Å². The minimum absolute atomic E-state index is 0.114. The Bertz CT molecular complexity index is 986. The van der Waals surface area contributed by atoms with Crippen LogP contribution >= 0.6 is 23.1 Å². The zero-order chi connectivity index (χ0) is 20.5. The van der Waals surface area contributed by atoms with Gasteiger partial charge in [0.2, 0.25) is 5.91 Å². The molecule has 1 amide bonds. The lowest BCUT2D eigenvalue weighted by molar-refractivity contribution is -0.119.